The first kappa shape index (κ1) is 10.9. The fourth-order valence-electron chi connectivity index (χ4n) is 2.41. The molecule has 0 fully saturated rings. The van der Waals surface area contributed by atoms with E-state index in [-0.39, 0.29) is 5.38 Å². The zero-order valence-electron chi connectivity index (χ0n) is 9.41. The molecule has 2 atom stereocenters. The molecule has 0 saturated heterocycles. The Morgan fingerprint density at radius 3 is 3.07 bits per heavy atom. The average molecular weight is 224 g/mol. The lowest BCUT2D eigenvalue weighted by molar-refractivity contribution is 0.500. The molecule has 0 saturated carbocycles. The number of alkyl halides is 1. The fraction of sp³-hybridized carbons (Fsp3) is 0.615. The maximum atomic E-state index is 6.47. The molecule has 82 valence electrons. The third-order valence-electron chi connectivity index (χ3n) is 3.14. The van der Waals surface area contributed by atoms with Crippen molar-refractivity contribution in [3.05, 3.63) is 29.6 Å². The summed E-state index contributed by atoms with van der Waals surface area (Å²) in [5.41, 5.74) is 2.65. The molecule has 2 heteroatoms. The molecule has 0 amide bonds. The second-order valence-electron chi connectivity index (χ2n) is 4.84. The molecular weight excluding hydrogens is 206 g/mol. The van der Waals surface area contributed by atoms with Crippen LogP contribution in [0.15, 0.2) is 18.3 Å². The molecule has 1 aliphatic rings. The number of fused-ring (bicyclic) bond motifs is 1. The van der Waals surface area contributed by atoms with Crippen LogP contribution in [0.25, 0.3) is 0 Å². The first-order valence-corrected chi connectivity index (χ1v) is 6.20. The molecule has 0 aromatic carbocycles. The molecule has 0 radical (unpaired) electrons. The van der Waals surface area contributed by atoms with E-state index in [1.807, 2.05) is 12.3 Å². The SMILES string of the molecule is CC(C)CC(Cl)C1CCc2cccnc21. The van der Waals surface area contributed by atoms with Crippen molar-refractivity contribution in [2.75, 3.05) is 0 Å². The Balaban J connectivity index is 2.13. The zero-order chi connectivity index (χ0) is 10.8. The number of aromatic nitrogens is 1. The molecule has 2 unspecified atom stereocenters. The van der Waals surface area contributed by atoms with Crippen molar-refractivity contribution in [1.82, 2.24) is 4.98 Å². The lowest BCUT2D eigenvalue weighted by atomic mass is 9.95. The van der Waals surface area contributed by atoms with Gasteiger partial charge in [0.05, 0.1) is 0 Å². The molecular formula is C13H18ClN. The normalized spacial score (nSPS) is 21.7. The summed E-state index contributed by atoms with van der Waals surface area (Å²) >= 11 is 6.47. The van der Waals surface area contributed by atoms with Crippen LogP contribution in [0.5, 0.6) is 0 Å². The van der Waals surface area contributed by atoms with Gasteiger partial charge in [0.2, 0.25) is 0 Å². The van der Waals surface area contributed by atoms with E-state index in [0.717, 1.165) is 12.8 Å². The number of hydrogen-bond donors (Lipinski definition) is 0. The van der Waals surface area contributed by atoms with Crippen molar-refractivity contribution in [1.29, 1.82) is 0 Å². The van der Waals surface area contributed by atoms with E-state index >= 15 is 0 Å². The van der Waals surface area contributed by atoms with Gasteiger partial charge in [0.25, 0.3) is 0 Å². The van der Waals surface area contributed by atoms with Gasteiger partial charge in [-0.15, -0.1) is 11.6 Å². The first-order valence-electron chi connectivity index (χ1n) is 5.76. The van der Waals surface area contributed by atoms with E-state index in [0.29, 0.717) is 11.8 Å². The number of halogens is 1. The van der Waals surface area contributed by atoms with Crippen molar-refractivity contribution in [3.63, 3.8) is 0 Å². The van der Waals surface area contributed by atoms with Gasteiger partial charge in [0.15, 0.2) is 0 Å². The highest BCUT2D eigenvalue weighted by Crippen LogP contribution is 2.38. The summed E-state index contributed by atoms with van der Waals surface area (Å²) in [4.78, 5) is 4.48. The zero-order valence-corrected chi connectivity index (χ0v) is 10.2. The Kier molecular flexibility index (Phi) is 3.30. The summed E-state index contributed by atoms with van der Waals surface area (Å²) in [6, 6.07) is 4.20. The third kappa shape index (κ3) is 2.34. The van der Waals surface area contributed by atoms with Crippen LogP contribution in [-0.4, -0.2) is 10.4 Å². The van der Waals surface area contributed by atoms with Gasteiger partial charge in [0.1, 0.15) is 0 Å². The molecule has 1 aromatic rings. The van der Waals surface area contributed by atoms with E-state index < -0.39 is 0 Å². The molecule has 0 spiro atoms. The fourth-order valence-corrected chi connectivity index (χ4v) is 3.01. The lowest BCUT2D eigenvalue weighted by Crippen LogP contribution is -2.13. The first-order chi connectivity index (χ1) is 7.18. The minimum atomic E-state index is 0.251. The summed E-state index contributed by atoms with van der Waals surface area (Å²) < 4.78 is 0. The van der Waals surface area contributed by atoms with Crippen LogP contribution in [0.2, 0.25) is 0 Å². The second kappa shape index (κ2) is 4.52. The minimum Gasteiger partial charge on any atom is -0.261 e. The molecule has 1 aromatic heterocycles. The summed E-state index contributed by atoms with van der Waals surface area (Å²) in [5, 5.41) is 0.251. The quantitative estimate of drug-likeness (QED) is 0.711. The number of hydrogen-bond acceptors (Lipinski definition) is 1. The smallest absolute Gasteiger partial charge is 0.0481 e. The van der Waals surface area contributed by atoms with Gasteiger partial charge >= 0.3 is 0 Å². The van der Waals surface area contributed by atoms with E-state index in [1.54, 1.807) is 0 Å². The van der Waals surface area contributed by atoms with Gasteiger partial charge in [-0.25, -0.2) is 0 Å². The highest BCUT2D eigenvalue weighted by atomic mass is 35.5. The Morgan fingerprint density at radius 2 is 2.33 bits per heavy atom. The molecule has 1 nitrogen and oxygen atoms in total. The number of nitrogens with zero attached hydrogens (tertiary/aromatic N) is 1. The Labute approximate surface area is 96.9 Å². The van der Waals surface area contributed by atoms with Crippen molar-refractivity contribution >= 4 is 11.6 Å². The summed E-state index contributed by atoms with van der Waals surface area (Å²) in [5.74, 6) is 1.14. The number of pyridine rings is 1. The molecule has 0 bridgehead atoms. The van der Waals surface area contributed by atoms with Gasteiger partial charge < -0.3 is 0 Å². The van der Waals surface area contributed by atoms with Crippen molar-refractivity contribution in [2.24, 2.45) is 5.92 Å². The van der Waals surface area contributed by atoms with E-state index in [9.17, 15) is 0 Å². The predicted molar refractivity (Wildman–Crippen MR) is 64.4 cm³/mol. The Hall–Kier alpha value is -0.560. The van der Waals surface area contributed by atoms with Crippen LogP contribution >= 0.6 is 11.6 Å². The third-order valence-corrected chi connectivity index (χ3v) is 3.62. The lowest BCUT2D eigenvalue weighted by Gasteiger charge is -2.19. The molecule has 2 rings (SSSR count). The summed E-state index contributed by atoms with van der Waals surface area (Å²) in [6.07, 6.45) is 5.29. The summed E-state index contributed by atoms with van der Waals surface area (Å²) in [7, 11) is 0. The predicted octanol–water partition coefficient (Wildman–Crippen LogP) is 3.76. The van der Waals surface area contributed by atoms with Crippen LogP contribution in [-0.2, 0) is 6.42 Å². The molecule has 0 N–H and O–H groups in total. The van der Waals surface area contributed by atoms with Crippen LogP contribution in [0.1, 0.15) is 43.9 Å². The van der Waals surface area contributed by atoms with Crippen molar-refractivity contribution in [2.45, 2.75) is 44.4 Å². The highest BCUT2D eigenvalue weighted by molar-refractivity contribution is 6.21. The van der Waals surface area contributed by atoms with Crippen molar-refractivity contribution < 1.29 is 0 Å². The van der Waals surface area contributed by atoms with Gasteiger partial charge in [-0.2, -0.15) is 0 Å². The highest BCUT2D eigenvalue weighted by Gasteiger charge is 2.29. The van der Waals surface area contributed by atoms with E-state index in [1.165, 1.54) is 17.7 Å². The second-order valence-corrected chi connectivity index (χ2v) is 5.40. The summed E-state index contributed by atoms with van der Waals surface area (Å²) in [6.45, 7) is 4.45. The van der Waals surface area contributed by atoms with E-state index in [4.69, 9.17) is 11.6 Å². The van der Waals surface area contributed by atoms with Crippen LogP contribution in [0, 0.1) is 5.92 Å². The maximum Gasteiger partial charge on any atom is 0.0481 e. The average Bonchev–Trinajstić information content (AvgIpc) is 2.59. The maximum absolute atomic E-state index is 6.47. The Bertz CT molecular complexity index is 335. The minimum absolute atomic E-state index is 0.251. The topological polar surface area (TPSA) is 12.9 Å². The number of aryl methyl sites for hydroxylation is 1. The molecule has 0 aliphatic heterocycles. The molecule has 1 heterocycles. The van der Waals surface area contributed by atoms with Gasteiger partial charge in [0, 0.05) is 23.2 Å². The number of rotatable bonds is 3. The molecule has 15 heavy (non-hydrogen) atoms. The van der Waals surface area contributed by atoms with Gasteiger partial charge in [-0.05, 0) is 36.8 Å². The standard InChI is InChI=1S/C13H18ClN/c1-9(2)8-12(14)11-6-5-10-4-3-7-15-13(10)11/h3-4,7,9,11-12H,5-6,8H2,1-2H3. The molecule has 1 aliphatic carbocycles. The largest absolute Gasteiger partial charge is 0.261 e. The van der Waals surface area contributed by atoms with Gasteiger partial charge in [-0.3, -0.25) is 4.98 Å². The van der Waals surface area contributed by atoms with Gasteiger partial charge in [-0.1, -0.05) is 19.9 Å². The monoisotopic (exact) mass is 223 g/mol. The van der Waals surface area contributed by atoms with E-state index in [2.05, 4.69) is 24.9 Å². The van der Waals surface area contributed by atoms with Crippen LogP contribution < -0.4 is 0 Å². The van der Waals surface area contributed by atoms with Crippen LogP contribution in [0.3, 0.4) is 0 Å². The van der Waals surface area contributed by atoms with Crippen LogP contribution in [0.4, 0.5) is 0 Å². The van der Waals surface area contributed by atoms with Crippen molar-refractivity contribution in [3.8, 4) is 0 Å². The Morgan fingerprint density at radius 1 is 1.53 bits per heavy atom.